The standard InChI is InChI=1S/C20H28N4O/c1-13(2)19-17(20(25)23-18-6-4-5-15(18)11-21)12-22-24(19)16-9-7-14(3)8-10-16/h7-10,12-13,15,18H,4-6,11,21H2,1-3H3,(H,23,25). The highest BCUT2D eigenvalue weighted by molar-refractivity contribution is 5.95. The summed E-state index contributed by atoms with van der Waals surface area (Å²) in [5.74, 6) is 0.546. The number of carbonyl (C=O) groups excluding carboxylic acids is 1. The lowest BCUT2D eigenvalue weighted by molar-refractivity contribution is 0.0927. The van der Waals surface area contributed by atoms with Gasteiger partial charge in [-0.15, -0.1) is 0 Å². The lowest BCUT2D eigenvalue weighted by Crippen LogP contribution is -2.40. The Morgan fingerprint density at radius 2 is 2.04 bits per heavy atom. The van der Waals surface area contributed by atoms with Gasteiger partial charge in [-0.05, 0) is 50.3 Å². The third-order valence-electron chi connectivity index (χ3n) is 5.15. The topological polar surface area (TPSA) is 72.9 Å². The molecule has 5 heteroatoms. The first-order valence-corrected chi connectivity index (χ1v) is 9.17. The number of aromatic nitrogens is 2. The Morgan fingerprint density at radius 1 is 1.32 bits per heavy atom. The molecule has 1 amide bonds. The molecule has 0 saturated heterocycles. The molecule has 1 aliphatic carbocycles. The summed E-state index contributed by atoms with van der Waals surface area (Å²) >= 11 is 0. The summed E-state index contributed by atoms with van der Waals surface area (Å²) < 4.78 is 1.88. The minimum atomic E-state index is -0.0348. The molecular formula is C20H28N4O. The summed E-state index contributed by atoms with van der Waals surface area (Å²) in [5, 5.41) is 7.70. The maximum atomic E-state index is 12.9. The van der Waals surface area contributed by atoms with Gasteiger partial charge in [0, 0.05) is 6.04 Å². The van der Waals surface area contributed by atoms with Crippen LogP contribution < -0.4 is 11.1 Å². The van der Waals surface area contributed by atoms with Gasteiger partial charge in [-0.25, -0.2) is 4.68 Å². The molecule has 1 fully saturated rings. The lowest BCUT2D eigenvalue weighted by Gasteiger charge is -2.20. The van der Waals surface area contributed by atoms with Gasteiger partial charge in [-0.2, -0.15) is 5.10 Å². The molecule has 0 aliphatic heterocycles. The molecule has 1 heterocycles. The van der Waals surface area contributed by atoms with E-state index in [1.54, 1.807) is 6.20 Å². The van der Waals surface area contributed by atoms with Crippen molar-refractivity contribution in [1.82, 2.24) is 15.1 Å². The summed E-state index contributed by atoms with van der Waals surface area (Å²) in [5.41, 5.74) is 9.64. The Labute approximate surface area is 149 Å². The van der Waals surface area contributed by atoms with Crippen LogP contribution in [0.15, 0.2) is 30.5 Å². The van der Waals surface area contributed by atoms with E-state index in [9.17, 15) is 4.79 Å². The average Bonchev–Trinajstić information content (AvgIpc) is 3.21. The Hall–Kier alpha value is -2.14. The van der Waals surface area contributed by atoms with Crippen LogP contribution in [0.1, 0.15) is 60.6 Å². The molecule has 1 aromatic heterocycles. The van der Waals surface area contributed by atoms with Crippen LogP contribution >= 0.6 is 0 Å². The second-order valence-electron chi connectivity index (χ2n) is 7.35. The van der Waals surface area contributed by atoms with E-state index in [4.69, 9.17) is 5.73 Å². The molecule has 1 aliphatic rings. The number of nitrogens with one attached hydrogen (secondary N) is 1. The van der Waals surface area contributed by atoms with E-state index in [1.807, 2.05) is 16.8 Å². The summed E-state index contributed by atoms with van der Waals surface area (Å²) in [6, 6.07) is 8.38. The molecule has 3 rings (SSSR count). The number of hydrogen-bond donors (Lipinski definition) is 2. The molecule has 3 N–H and O–H groups in total. The summed E-state index contributed by atoms with van der Waals surface area (Å²) in [6.45, 7) is 6.88. The molecule has 2 atom stereocenters. The van der Waals surface area contributed by atoms with Crippen LogP contribution in [-0.4, -0.2) is 28.3 Å². The van der Waals surface area contributed by atoms with Crippen LogP contribution in [0.25, 0.3) is 5.69 Å². The Morgan fingerprint density at radius 3 is 2.68 bits per heavy atom. The molecule has 0 spiro atoms. The van der Waals surface area contributed by atoms with Gasteiger partial charge in [0.05, 0.1) is 23.1 Å². The van der Waals surface area contributed by atoms with Gasteiger partial charge in [-0.3, -0.25) is 4.79 Å². The Balaban J connectivity index is 1.89. The number of amides is 1. The number of aryl methyl sites for hydroxylation is 1. The quantitative estimate of drug-likeness (QED) is 0.878. The number of rotatable bonds is 5. The van der Waals surface area contributed by atoms with E-state index in [0.717, 1.165) is 30.6 Å². The first-order chi connectivity index (χ1) is 12.0. The molecule has 2 unspecified atom stereocenters. The van der Waals surface area contributed by atoms with Gasteiger partial charge in [-0.1, -0.05) is 38.0 Å². The Bertz CT molecular complexity index is 733. The summed E-state index contributed by atoms with van der Waals surface area (Å²) in [7, 11) is 0. The van der Waals surface area contributed by atoms with Crippen molar-refractivity contribution in [2.45, 2.75) is 52.0 Å². The van der Waals surface area contributed by atoms with Crippen LogP contribution in [0.5, 0.6) is 0 Å². The van der Waals surface area contributed by atoms with Crippen molar-refractivity contribution < 1.29 is 4.79 Å². The highest BCUT2D eigenvalue weighted by Crippen LogP contribution is 2.27. The maximum Gasteiger partial charge on any atom is 0.255 e. The molecule has 0 radical (unpaired) electrons. The molecule has 2 aromatic rings. The predicted octanol–water partition coefficient (Wildman–Crippen LogP) is 3.16. The zero-order chi connectivity index (χ0) is 18.0. The number of hydrogen-bond acceptors (Lipinski definition) is 3. The fourth-order valence-electron chi connectivity index (χ4n) is 3.74. The van der Waals surface area contributed by atoms with Crippen LogP contribution in [0.3, 0.4) is 0 Å². The van der Waals surface area contributed by atoms with Crippen molar-refractivity contribution in [3.8, 4) is 5.69 Å². The molecule has 134 valence electrons. The van der Waals surface area contributed by atoms with E-state index >= 15 is 0 Å². The maximum absolute atomic E-state index is 12.9. The second-order valence-corrected chi connectivity index (χ2v) is 7.35. The summed E-state index contributed by atoms with van der Waals surface area (Å²) in [6.07, 6.45) is 4.93. The molecule has 5 nitrogen and oxygen atoms in total. The molecule has 0 bridgehead atoms. The van der Waals surface area contributed by atoms with E-state index in [-0.39, 0.29) is 17.9 Å². The lowest BCUT2D eigenvalue weighted by atomic mass is 10.0. The fraction of sp³-hybridized carbons (Fsp3) is 0.500. The highest BCUT2D eigenvalue weighted by atomic mass is 16.1. The SMILES string of the molecule is Cc1ccc(-n2ncc(C(=O)NC3CCCC3CN)c2C(C)C)cc1. The highest BCUT2D eigenvalue weighted by Gasteiger charge is 2.29. The van der Waals surface area contributed by atoms with E-state index < -0.39 is 0 Å². The van der Waals surface area contributed by atoms with Crippen molar-refractivity contribution in [2.75, 3.05) is 6.54 Å². The number of benzene rings is 1. The summed E-state index contributed by atoms with van der Waals surface area (Å²) in [4.78, 5) is 12.9. The van der Waals surface area contributed by atoms with Gasteiger partial charge < -0.3 is 11.1 Å². The number of carbonyl (C=O) groups is 1. The third-order valence-corrected chi connectivity index (χ3v) is 5.15. The second kappa shape index (κ2) is 7.40. The smallest absolute Gasteiger partial charge is 0.255 e. The first-order valence-electron chi connectivity index (χ1n) is 9.17. The van der Waals surface area contributed by atoms with Crippen molar-refractivity contribution in [1.29, 1.82) is 0 Å². The number of nitrogens with two attached hydrogens (primary N) is 1. The molecule has 25 heavy (non-hydrogen) atoms. The van der Waals surface area contributed by atoms with E-state index in [0.29, 0.717) is 18.0 Å². The average molecular weight is 340 g/mol. The predicted molar refractivity (Wildman–Crippen MR) is 100 cm³/mol. The van der Waals surface area contributed by atoms with Crippen LogP contribution in [0.4, 0.5) is 0 Å². The Kier molecular flexibility index (Phi) is 5.23. The van der Waals surface area contributed by atoms with Crippen molar-refractivity contribution >= 4 is 5.91 Å². The zero-order valence-electron chi connectivity index (χ0n) is 15.3. The van der Waals surface area contributed by atoms with E-state index in [1.165, 1.54) is 5.56 Å². The van der Waals surface area contributed by atoms with Crippen molar-refractivity contribution in [3.63, 3.8) is 0 Å². The molecular weight excluding hydrogens is 312 g/mol. The third kappa shape index (κ3) is 3.61. The van der Waals surface area contributed by atoms with Gasteiger partial charge in [0.15, 0.2) is 0 Å². The van der Waals surface area contributed by atoms with Crippen LogP contribution in [-0.2, 0) is 0 Å². The fourth-order valence-corrected chi connectivity index (χ4v) is 3.74. The molecule has 1 aromatic carbocycles. The van der Waals surface area contributed by atoms with Gasteiger partial charge in [0.1, 0.15) is 0 Å². The minimum Gasteiger partial charge on any atom is -0.349 e. The molecule has 1 saturated carbocycles. The van der Waals surface area contributed by atoms with Gasteiger partial charge >= 0.3 is 0 Å². The first kappa shape index (κ1) is 17.7. The van der Waals surface area contributed by atoms with Crippen molar-refractivity contribution in [3.05, 3.63) is 47.3 Å². The van der Waals surface area contributed by atoms with Crippen LogP contribution in [0.2, 0.25) is 0 Å². The minimum absolute atomic E-state index is 0.0348. The zero-order valence-corrected chi connectivity index (χ0v) is 15.3. The van der Waals surface area contributed by atoms with Gasteiger partial charge in [0.2, 0.25) is 0 Å². The van der Waals surface area contributed by atoms with E-state index in [2.05, 4.69) is 43.3 Å². The number of nitrogens with zero attached hydrogens (tertiary/aromatic N) is 2. The normalized spacial score (nSPS) is 20.2. The largest absolute Gasteiger partial charge is 0.349 e. The van der Waals surface area contributed by atoms with Crippen molar-refractivity contribution in [2.24, 2.45) is 11.7 Å². The monoisotopic (exact) mass is 340 g/mol. The van der Waals surface area contributed by atoms with Crippen LogP contribution in [0, 0.1) is 12.8 Å². The van der Waals surface area contributed by atoms with Gasteiger partial charge in [0.25, 0.3) is 5.91 Å².